The number of amides is 1. The van der Waals surface area contributed by atoms with Gasteiger partial charge in [0.25, 0.3) is 0 Å². The van der Waals surface area contributed by atoms with Crippen LogP contribution in [0.4, 0.5) is 0 Å². The maximum absolute atomic E-state index is 11.7. The van der Waals surface area contributed by atoms with Crippen molar-refractivity contribution in [1.29, 1.82) is 0 Å². The zero-order valence-electron chi connectivity index (χ0n) is 11.8. The summed E-state index contributed by atoms with van der Waals surface area (Å²) in [5.41, 5.74) is 0. The van der Waals surface area contributed by atoms with Crippen molar-refractivity contribution in [2.45, 2.75) is 45.7 Å². The number of nitrogens with one attached hydrogen (secondary N) is 1. The summed E-state index contributed by atoms with van der Waals surface area (Å²) in [6.07, 6.45) is 2.75. The summed E-state index contributed by atoms with van der Waals surface area (Å²) < 4.78 is 5.25. The molecule has 1 fully saturated rings. The number of hydrogen-bond acceptors (Lipinski definition) is 5. The Morgan fingerprint density at radius 1 is 1.58 bits per heavy atom. The molecule has 0 radical (unpaired) electrons. The zero-order chi connectivity index (χ0) is 13.8. The van der Waals surface area contributed by atoms with E-state index < -0.39 is 0 Å². The maximum Gasteiger partial charge on any atom is 0.240 e. The van der Waals surface area contributed by atoms with Gasteiger partial charge in [-0.25, -0.2) is 0 Å². The van der Waals surface area contributed by atoms with E-state index in [9.17, 15) is 4.79 Å². The van der Waals surface area contributed by atoms with Gasteiger partial charge < -0.3 is 9.84 Å². The van der Waals surface area contributed by atoms with Crippen molar-refractivity contribution in [3.8, 4) is 0 Å². The van der Waals surface area contributed by atoms with Crippen LogP contribution in [0.2, 0.25) is 0 Å². The smallest absolute Gasteiger partial charge is 0.240 e. The third-order valence-corrected chi connectivity index (χ3v) is 3.35. The lowest BCUT2D eigenvalue weighted by Crippen LogP contribution is -2.41. The van der Waals surface area contributed by atoms with Gasteiger partial charge in [-0.15, -0.1) is 0 Å². The summed E-state index contributed by atoms with van der Waals surface area (Å²) in [5.74, 6) is 1.93. The fourth-order valence-corrected chi connectivity index (χ4v) is 2.46. The Kier molecular flexibility index (Phi) is 4.52. The highest BCUT2D eigenvalue weighted by molar-refractivity contribution is 5.81. The van der Waals surface area contributed by atoms with Crippen LogP contribution in [0.15, 0.2) is 4.52 Å². The highest BCUT2D eigenvalue weighted by Crippen LogP contribution is 2.19. The van der Waals surface area contributed by atoms with Crippen LogP contribution in [-0.4, -0.2) is 40.6 Å². The molecular formula is C13H22N4O2. The summed E-state index contributed by atoms with van der Waals surface area (Å²) >= 11 is 0. The van der Waals surface area contributed by atoms with Crippen molar-refractivity contribution in [3.63, 3.8) is 0 Å². The molecule has 1 N–H and O–H groups in total. The summed E-state index contributed by atoms with van der Waals surface area (Å²) in [5, 5.41) is 6.68. The molecule has 1 atom stereocenters. The first-order valence-electron chi connectivity index (χ1n) is 6.87. The first-order valence-corrected chi connectivity index (χ1v) is 6.87. The second kappa shape index (κ2) is 6.14. The van der Waals surface area contributed by atoms with Crippen LogP contribution in [0.5, 0.6) is 0 Å². The van der Waals surface area contributed by atoms with E-state index in [1.165, 1.54) is 0 Å². The Balaban J connectivity index is 1.96. The van der Waals surface area contributed by atoms with Crippen molar-refractivity contribution in [3.05, 3.63) is 11.7 Å². The number of rotatable bonds is 5. The highest BCUT2D eigenvalue weighted by Gasteiger charge is 2.31. The van der Waals surface area contributed by atoms with E-state index in [4.69, 9.17) is 4.52 Å². The molecule has 0 aromatic carbocycles. The highest BCUT2D eigenvalue weighted by atomic mass is 16.5. The van der Waals surface area contributed by atoms with Gasteiger partial charge in [0.05, 0.1) is 12.6 Å². The van der Waals surface area contributed by atoms with Gasteiger partial charge in [0.2, 0.25) is 11.8 Å². The van der Waals surface area contributed by atoms with Crippen LogP contribution in [0.3, 0.4) is 0 Å². The molecule has 1 amide bonds. The number of nitrogens with zero attached hydrogens (tertiary/aromatic N) is 3. The topological polar surface area (TPSA) is 71.3 Å². The van der Waals surface area contributed by atoms with E-state index in [-0.39, 0.29) is 11.9 Å². The lowest BCUT2D eigenvalue weighted by molar-refractivity contribution is -0.125. The molecule has 2 rings (SSSR count). The number of carbonyl (C=O) groups is 1. The van der Waals surface area contributed by atoms with Crippen molar-refractivity contribution in [2.75, 3.05) is 13.6 Å². The zero-order valence-corrected chi connectivity index (χ0v) is 11.8. The lowest BCUT2D eigenvalue weighted by Gasteiger charge is -2.20. The fourth-order valence-electron chi connectivity index (χ4n) is 2.46. The molecule has 1 aromatic heterocycles. The quantitative estimate of drug-likeness (QED) is 0.860. The van der Waals surface area contributed by atoms with E-state index in [1.54, 1.807) is 7.05 Å². The minimum Gasteiger partial charge on any atom is -0.358 e. The number of hydrogen-bond donors (Lipinski definition) is 1. The first kappa shape index (κ1) is 14.0. The van der Waals surface area contributed by atoms with Crippen LogP contribution in [0.1, 0.15) is 38.4 Å². The van der Waals surface area contributed by atoms with Gasteiger partial charge in [-0.3, -0.25) is 9.69 Å². The van der Waals surface area contributed by atoms with Crippen molar-refractivity contribution in [2.24, 2.45) is 5.92 Å². The molecule has 0 aliphatic carbocycles. The molecule has 0 saturated carbocycles. The molecule has 6 heteroatoms. The van der Waals surface area contributed by atoms with E-state index in [2.05, 4.69) is 34.2 Å². The Morgan fingerprint density at radius 2 is 2.37 bits per heavy atom. The second-order valence-electron chi connectivity index (χ2n) is 5.45. The maximum atomic E-state index is 11.7. The van der Waals surface area contributed by atoms with Crippen LogP contribution in [0, 0.1) is 5.92 Å². The third-order valence-electron chi connectivity index (χ3n) is 3.35. The van der Waals surface area contributed by atoms with Gasteiger partial charge in [-0.1, -0.05) is 19.0 Å². The van der Waals surface area contributed by atoms with Gasteiger partial charge in [0.15, 0.2) is 5.82 Å². The van der Waals surface area contributed by atoms with E-state index in [0.29, 0.717) is 18.4 Å². The molecule has 0 bridgehead atoms. The molecule has 19 heavy (non-hydrogen) atoms. The summed E-state index contributed by atoms with van der Waals surface area (Å²) in [6, 6.07) is -0.0644. The van der Waals surface area contributed by atoms with Gasteiger partial charge in [-0.2, -0.15) is 4.98 Å². The summed E-state index contributed by atoms with van der Waals surface area (Å²) in [7, 11) is 1.67. The number of likely N-dealkylation sites (tertiary alicyclic amines) is 1. The van der Waals surface area contributed by atoms with E-state index in [0.717, 1.165) is 31.6 Å². The first-order chi connectivity index (χ1) is 9.10. The third kappa shape index (κ3) is 3.53. The Hall–Kier alpha value is -1.43. The predicted molar refractivity (Wildman–Crippen MR) is 70.3 cm³/mol. The van der Waals surface area contributed by atoms with Crippen LogP contribution in [0.25, 0.3) is 0 Å². The summed E-state index contributed by atoms with van der Waals surface area (Å²) in [4.78, 5) is 18.2. The van der Waals surface area contributed by atoms with Gasteiger partial charge >= 0.3 is 0 Å². The average Bonchev–Trinajstić information content (AvgIpc) is 2.98. The lowest BCUT2D eigenvalue weighted by atomic mass is 10.1. The molecule has 106 valence electrons. The number of likely N-dealkylation sites (N-methyl/N-ethyl adjacent to an activating group) is 1. The molecule has 1 aliphatic heterocycles. The molecule has 2 heterocycles. The second-order valence-corrected chi connectivity index (χ2v) is 5.45. The number of aromatic nitrogens is 2. The normalized spacial score (nSPS) is 20.1. The predicted octanol–water partition coefficient (Wildman–Crippen LogP) is 0.978. The minimum absolute atomic E-state index is 0.0644. The molecule has 1 aliphatic rings. The average molecular weight is 266 g/mol. The molecule has 1 aromatic rings. The Morgan fingerprint density at radius 3 is 3.05 bits per heavy atom. The minimum atomic E-state index is -0.0644. The van der Waals surface area contributed by atoms with Gasteiger partial charge in [-0.05, 0) is 25.3 Å². The summed E-state index contributed by atoms with van der Waals surface area (Å²) in [6.45, 7) is 5.71. The largest absolute Gasteiger partial charge is 0.358 e. The van der Waals surface area contributed by atoms with Crippen LogP contribution >= 0.6 is 0 Å². The SMILES string of the molecule is CNC(=O)C1CCCN1Cc1nc(CC(C)C)no1. The molecule has 1 unspecified atom stereocenters. The van der Waals surface area contributed by atoms with E-state index in [1.807, 2.05) is 0 Å². The Labute approximate surface area is 113 Å². The molecule has 1 saturated heterocycles. The van der Waals surface area contributed by atoms with Crippen molar-refractivity contribution in [1.82, 2.24) is 20.4 Å². The molecular weight excluding hydrogens is 244 g/mol. The Bertz CT molecular complexity index is 430. The van der Waals surface area contributed by atoms with Gasteiger partial charge in [0, 0.05) is 13.5 Å². The van der Waals surface area contributed by atoms with Crippen molar-refractivity contribution < 1.29 is 9.32 Å². The van der Waals surface area contributed by atoms with Crippen LogP contribution < -0.4 is 5.32 Å². The molecule has 0 spiro atoms. The van der Waals surface area contributed by atoms with Gasteiger partial charge in [0.1, 0.15) is 0 Å². The molecule has 6 nitrogen and oxygen atoms in total. The standard InChI is InChI=1S/C13H22N4O2/c1-9(2)7-11-15-12(19-16-11)8-17-6-4-5-10(17)13(18)14-3/h9-10H,4-8H2,1-3H3,(H,14,18). The fraction of sp³-hybridized carbons (Fsp3) is 0.769. The number of carbonyl (C=O) groups excluding carboxylic acids is 1. The van der Waals surface area contributed by atoms with Crippen LogP contribution in [-0.2, 0) is 17.8 Å². The van der Waals surface area contributed by atoms with E-state index >= 15 is 0 Å². The monoisotopic (exact) mass is 266 g/mol. The van der Waals surface area contributed by atoms with Crippen molar-refractivity contribution >= 4 is 5.91 Å².